The molecule has 21 heavy (non-hydrogen) atoms. The summed E-state index contributed by atoms with van der Waals surface area (Å²) in [6.07, 6.45) is 0.452. The Bertz CT molecular complexity index is 398. The number of benzene rings is 1. The second kappa shape index (κ2) is 6.88. The van der Waals surface area contributed by atoms with Crippen LogP contribution in [0.2, 0.25) is 0 Å². The van der Waals surface area contributed by atoms with E-state index in [9.17, 15) is 0 Å². The third-order valence-electron chi connectivity index (χ3n) is 4.87. The molecule has 0 spiro atoms. The molecule has 0 saturated carbocycles. The van der Waals surface area contributed by atoms with Gasteiger partial charge in [-0.2, -0.15) is 0 Å². The summed E-state index contributed by atoms with van der Waals surface area (Å²) in [5.41, 5.74) is 1.45. The summed E-state index contributed by atoms with van der Waals surface area (Å²) < 4.78 is 0. The molecule has 1 aromatic carbocycles. The smallest absolute Gasteiger partial charge is 0.0887 e. The molecule has 0 aliphatic carbocycles. The van der Waals surface area contributed by atoms with Gasteiger partial charge in [0.15, 0.2) is 0 Å². The van der Waals surface area contributed by atoms with E-state index < -0.39 is 0 Å². The van der Waals surface area contributed by atoms with E-state index in [0.29, 0.717) is 6.17 Å². The van der Waals surface area contributed by atoms with Gasteiger partial charge in [-0.3, -0.25) is 9.80 Å². The number of nitrogens with zero attached hydrogens (tertiary/aromatic N) is 4. The number of hydrogen-bond donors (Lipinski definition) is 0. The molecule has 0 N–H and O–H groups in total. The average Bonchev–Trinajstić information content (AvgIpc) is 2.52. The van der Waals surface area contributed by atoms with Crippen molar-refractivity contribution in [2.24, 2.45) is 0 Å². The van der Waals surface area contributed by atoms with Crippen LogP contribution in [0.3, 0.4) is 0 Å². The second-order valence-corrected chi connectivity index (χ2v) is 6.46. The Morgan fingerprint density at radius 3 is 1.52 bits per heavy atom. The summed E-state index contributed by atoms with van der Waals surface area (Å²) in [4.78, 5) is 10.2. The molecule has 2 heterocycles. The third-order valence-corrected chi connectivity index (χ3v) is 4.87. The molecule has 2 saturated heterocycles. The molecule has 2 aliphatic rings. The molecule has 4 nitrogen and oxygen atoms in total. The number of rotatable bonds is 3. The maximum atomic E-state index is 2.67. The lowest BCUT2D eigenvalue weighted by Gasteiger charge is -2.46. The van der Waals surface area contributed by atoms with Crippen LogP contribution in [0.25, 0.3) is 0 Å². The van der Waals surface area contributed by atoms with Crippen LogP contribution in [0.5, 0.6) is 0 Å². The number of hydrogen-bond acceptors (Lipinski definition) is 4. The fraction of sp³-hybridized carbons (Fsp3) is 0.647. The second-order valence-electron chi connectivity index (χ2n) is 6.46. The zero-order valence-electron chi connectivity index (χ0n) is 13.4. The highest BCUT2D eigenvalue weighted by Crippen LogP contribution is 2.26. The van der Waals surface area contributed by atoms with Gasteiger partial charge in [0, 0.05) is 52.4 Å². The first-order valence-electron chi connectivity index (χ1n) is 8.14. The van der Waals surface area contributed by atoms with E-state index >= 15 is 0 Å². The SMILES string of the molecule is CN1CCN(C(c2ccccc2)N2CCN(C)CC2)CC1. The van der Waals surface area contributed by atoms with Crippen LogP contribution in [0, 0.1) is 0 Å². The third kappa shape index (κ3) is 3.64. The van der Waals surface area contributed by atoms with E-state index in [-0.39, 0.29) is 0 Å². The van der Waals surface area contributed by atoms with Gasteiger partial charge in [0.25, 0.3) is 0 Å². The van der Waals surface area contributed by atoms with Crippen LogP contribution in [0.4, 0.5) is 0 Å². The number of piperazine rings is 2. The largest absolute Gasteiger partial charge is 0.304 e. The topological polar surface area (TPSA) is 13.0 Å². The maximum absolute atomic E-state index is 2.67. The van der Waals surface area contributed by atoms with Crippen molar-refractivity contribution in [3.8, 4) is 0 Å². The Hall–Kier alpha value is -0.940. The molecule has 1 aromatic rings. The van der Waals surface area contributed by atoms with E-state index in [0.717, 1.165) is 0 Å². The van der Waals surface area contributed by atoms with Crippen molar-refractivity contribution in [1.82, 2.24) is 19.6 Å². The van der Waals surface area contributed by atoms with Crippen molar-refractivity contribution >= 4 is 0 Å². The lowest BCUT2D eigenvalue weighted by atomic mass is 10.1. The molecule has 116 valence electrons. The molecule has 2 aliphatic heterocycles. The minimum absolute atomic E-state index is 0.452. The molecule has 4 heteroatoms. The molecule has 0 atom stereocenters. The van der Waals surface area contributed by atoms with E-state index in [1.165, 1.54) is 57.9 Å². The first kappa shape index (κ1) is 15.0. The lowest BCUT2D eigenvalue weighted by Crippen LogP contribution is -2.54. The molecular formula is C17H28N4. The minimum Gasteiger partial charge on any atom is -0.304 e. The predicted molar refractivity (Wildman–Crippen MR) is 87.3 cm³/mol. The van der Waals surface area contributed by atoms with Gasteiger partial charge >= 0.3 is 0 Å². The molecule has 0 unspecified atom stereocenters. The summed E-state index contributed by atoms with van der Waals surface area (Å²) in [6, 6.07) is 11.1. The molecular weight excluding hydrogens is 260 g/mol. The normalized spacial score (nSPS) is 23.8. The Balaban J connectivity index is 1.78. The monoisotopic (exact) mass is 288 g/mol. The van der Waals surface area contributed by atoms with Crippen molar-refractivity contribution in [2.45, 2.75) is 6.17 Å². The lowest BCUT2D eigenvalue weighted by molar-refractivity contribution is -0.0106. The van der Waals surface area contributed by atoms with Crippen LogP contribution in [0.1, 0.15) is 11.7 Å². The zero-order chi connectivity index (χ0) is 14.7. The van der Waals surface area contributed by atoms with Gasteiger partial charge in [-0.25, -0.2) is 0 Å². The van der Waals surface area contributed by atoms with Gasteiger partial charge in [0.05, 0.1) is 6.17 Å². The summed E-state index contributed by atoms with van der Waals surface area (Å²) >= 11 is 0. The van der Waals surface area contributed by atoms with Gasteiger partial charge in [-0.1, -0.05) is 30.3 Å². The Morgan fingerprint density at radius 2 is 1.10 bits per heavy atom. The first-order valence-corrected chi connectivity index (χ1v) is 8.14. The Kier molecular flexibility index (Phi) is 4.91. The van der Waals surface area contributed by atoms with Crippen LogP contribution in [-0.4, -0.2) is 86.1 Å². The van der Waals surface area contributed by atoms with Crippen molar-refractivity contribution in [3.63, 3.8) is 0 Å². The average molecular weight is 288 g/mol. The maximum Gasteiger partial charge on any atom is 0.0887 e. The molecule has 0 bridgehead atoms. The van der Waals surface area contributed by atoms with Crippen molar-refractivity contribution in [2.75, 3.05) is 66.5 Å². The summed E-state index contributed by atoms with van der Waals surface area (Å²) in [5, 5.41) is 0. The molecule has 0 amide bonds. The molecule has 2 fully saturated rings. The molecule has 0 radical (unpaired) electrons. The number of likely N-dealkylation sites (N-methyl/N-ethyl adjacent to an activating group) is 2. The summed E-state index contributed by atoms with van der Waals surface area (Å²) in [5.74, 6) is 0. The molecule has 0 aromatic heterocycles. The van der Waals surface area contributed by atoms with Gasteiger partial charge < -0.3 is 9.80 Å². The van der Waals surface area contributed by atoms with E-state index in [1.807, 2.05) is 0 Å². The van der Waals surface area contributed by atoms with E-state index in [2.05, 4.69) is 64.0 Å². The van der Waals surface area contributed by atoms with Gasteiger partial charge in [0.2, 0.25) is 0 Å². The summed E-state index contributed by atoms with van der Waals surface area (Å²) in [6.45, 7) is 9.39. The van der Waals surface area contributed by atoms with Crippen LogP contribution >= 0.6 is 0 Å². The van der Waals surface area contributed by atoms with Crippen molar-refractivity contribution in [1.29, 1.82) is 0 Å². The van der Waals surface area contributed by atoms with E-state index in [1.54, 1.807) is 0 Å². The summed E-state index contributed by atoms with van der Waals surface area (Å²) in [7, 11) is 4.45. The predicted octanol–water partition coefficient (Wildman–Crippen LogP) is 1.18. The van der Waals surface area contributed by atoms with Crippen LogP contribution < -0.4 is 0 Å². The fourth-order valence-electron chi connectivity index (χ4n) is 3.41. The van der Waals surface area contributed by atoms with Gasteiger partial charge in [-0.15, -0.1) is 0 Å². The Morgan fingerprint density at radius 1 is 0.667 bits per heavy atom. The van der Waals surface area contributed by atoms with E-state index in [4.69, 9.17) is 0 Å². The zero-order valence-corrected chi connectivity index (χ0v) is 13.4. The highest BCUT2D eigenvalue weighted by atomic mass is 15.4. The van der Waals surface area contributed by atoms with Gasteiger partial charge in [-0.05, 0) is 19.7 Å². The highest BCUT2D eigenvalue weighted by Gasteiger charge is 2.30. The van der Waals surface area contributed by atoms with Gasteiger partial charge in [0.1, 0.15) is 0 Å². The minimum atomic E-state index is 0.452. The van der Waals surface area contributed by atoms with Crippen LogP contribution in [0.15, 0.2) is 30.3 Å². The first-order chi connectivity index (χ1) is 10.2. The highest BCUT2D eigenvalue weighted by molar-refractivity contribution is 5.19. The fourth-order valence-corrected chi connectivity index (χ4v) is 3.41. The van der Waals surface area contributed by atoms with Crippen LogP contribution in [-0.2, 0) is 0 Å². The van der Waals surface area contributed by atoms with Crippen molar-refractivity contribution in [3.05, 3.63) is 35.9 Å². The molecule has 3 rings (SSSR count). The quantitative estimate of drug-likeness (QED) is 0.828. The van der Waals surface area contributed by atoms with Crippen molar-refractivity contribution < 1.29 is 0 Å². The Labute approximate surface area is 128 Å². The standard InChI is InChI=1S/C17H28N4/c1-18-8-12-20(13-9-18)17(16-6-4-3-5-7-16)21-14-10-19(2)11-15-21/h3-7,17H,8-15H2,1-2H3.